The van der Waals surface area contributed by atoms with E-state index in [2.05, 4.69) is 25.1 Å². The number of aromatic nitrogens is 2. The van der Waals surface area contributed by atoms with E-state index in [1.165, 1.54) is 12.8 Å². The molecule has 2 aliphatic heterocycles. The van der Waals surface area contributed by atoms with Crippen LogP contribution in [0.25, 0.3) is 0 Å². The number of hydrogen-bond acceptors (Lipinski definition) is 6. The number of ether oxygens (including phenoxy) is 1. The minimum absolute atomic E-state index is 0.156. The van der Waals surface area contributed by atoms with Gasteiger partial charge in [0.2, 0.25) is 11.9 Å². The fraction of sp³-hybridized carbons (Fsp3) is 0.722. The van der Waals surface area contributed by atoms with Crippen molar-refractivity contribution < 1.29 is 9.53 Å². The van der Waals surface area contributed by atoms with Gasteiger partial charge in [0.1, 0.15) is 0 Å². The summed E-state index contributed by atoms with van der Waals surface area (Å²) in [6.45, 7) is 5.82. The molecule has 4 rings (SSSR count). The van der Waals surface area contributed by atoms with Crippen molar-refractivity contribution in [1.29, 1.82) is 0 Å². The first kappa shape index (κ1) is 16.6. The number of morpholine rings is 1. The van der Waals surface area contributed by atoms with E-state index < -0.39 is 0 Å². The molecule has 1 amide bonds. The normalized spacial score (nSPS) is 22.1. The average Bonchev–Trinajstić information content (AvgIpc) is 3.52. The molecule has 0 atom stereocenters. The molecule has 136 valence electrons. The second-order valence-corrected chi connectivity index (χ2v) is 7.29. The van der Waals surface area contributed by atoms with Crippen LogP contribution in [0.2, 0.25) is 0 Å². The first-order valence-electron chi connectivity index (χ1n) is 9.47. The number of nitrogens with one attached hydrogen (secondary N) is 1. The zero-order valence-electron chi connectivity index (χ0n) is 14.7. The highest BCUT2D eigenvalue weighted by Gasteiger charge is 2.27. The van der Waals surface area contributed by atoms with Crippen LogP contribution < -0.4 is 15.1 Å². The predicted molar refractivity (Wildman–Crippen MR) is 95.7 cm³/mol. The van der Waals surface area contributed by atoms with Gasteiger partial charge in [-0.25, -0.2) is 9.97 Å². The Morgan fingerprint density at radius 3 is 2.36 bits per heavy atom. The lowest BCUT2D eigenvalue weighted by molar-refractivity contribution is -0.125. The van der Waals surface area contributed by atoms with Gasteiger partial charge in [-0.2, -0.15) is 0 Å². The van der Waals surface area contributed by atoms with Crippen LogP contribution in [0.1, 0.15) is 25.7 Å². The van der Waals surface area contributed by atoms with Crippen LogP contribution in [0.4, 0.5) is 11.6 Å². The fourth-order valence-corrected chi connectivity index (χ4v) is 3.52. The number of nitrogens with zero attached hydrogens (tertiary/aromatic N) is 4. The lowest BCUT2D eigenvalue weighted by atomic mass is 9.95. The molecule has 0 spiro atoms. The summed E-state index contributed by atoms with van der Waals surface area (Å²) >= 11 is 0. The molecule has 25 heavy (non-hydrogen) atoms. The van der Waals surface area contributed by atoms with Crippen LogP contribution in [-0.2, 0) is 9.53 Å². The lowest BCUT2D eigenvalue weighted by Gasteiger charge is -2.33. The number of carbonyl (C=O) groups excluding carboxylic acids is 1. The van der Waals surface area contributed by atoms with Gasteiger partial charge in [-0.3, -0.25) is 4.79 Å². The molecular weight excluding hydrogens is 318 g/mol. The second-order valence-electron chi connectivity index (χ2n) is 7.29. The van der Waals surface area contributed by atoms with E-state index in [9.17, 15) is 4.79 Å². The maximum absolute atomic E-state index is 12.2. The number of rotatable bonds is 5. The third kappa shape index (κ3) is 4.21. The molecule has 7 nitrogen and oxygen atoms in total. The quantitative estimate of drug-likeness (QED) is 0.860. The van der Waals surface area contributed by atoms with Gasteiger partial charge >= 0.3 is 0 Å². The lowest BCUT2D eigenvalue weighted by Crippen LogP contribution is -2.41. The standard InChI is InChI=1S/C18H27N5O2/c24-17(19-11-14-1-2-14)15-3-5-22(6-4-15)16-12-20-18(21-13-16)23-7-9-25-10-8-23/h12-15H,1-11H2,(H,19,24). The van der Waals surface area contributed by atoms with Gasteiger partial charge in [-0.15, -0.1) is 0 Å². The summed E-state index contributed by atoms with van der Waals surface area (Å²) in [6, 6.07) is 0. The molecule has 7 heteroatoms. The Kier molecular flexibility index (Phi) is 5.01. The maximum atomic E-state index is 12.2. The molecule has 0 radical (unpaired) electrons. The summed E-state index contributed by atoms with van der Waals surface area (Å²) in [6.07, 6.45) is 8.18. The van der Waals surface area contributed by atoms with Crippen LogP contribution >= 0.6 is 0 Å². The molecule has 1 aliphatic carbocycles. The summed E-state index contributed by atoms with van der Waals surface area (Å²) in [5.41, 5.74) is 1.05. The zero-order chi connectivity index (χ0) is 17.1. The molecule has 1 aromatic heterocycles. The van der Waals surface area contributed by atoms with Crippen molar-refractivity contribution in [2.75, 3.05) is 55.7 Å². The largest absolute Gasteiger partial charge is 0.378 e. The van der Waals surface area contributed by atoms with Gasteiger partial charge in [0.25, 0.3) is 0 Å². The zero-order valence-corrected chi connectivity index (χ0v) is 14.7. The third-order valence-corrected chi connectivity index (χ3v) is 5.41. The minimum atomic E-state index is 0.156. The van der Waals surface area contributed by atoms with Crippen molar-refractivity contribution in [1.82, 2.24) is 15.3 Å². The van der Waals surface area contributed by atoms with Crippen LogP contribution in [-0.4, -0.2) is 61.8 Å². The SMILES string of the molecule is O=C(NCC1CC1)C1CCN(c2cnc(N3CCOCC3)nc2)CC1. The third-order valence-electron chi connectivity index (χ3n) is 5.41. The van der Waals surface area contributed by atoms with Crippen LogP contribution in [0.15, 0.2) is 12.4 Å². The van der Waals surface area contributed by atoms with E-state index in [4.69, 9.17) is 4.74 Å². The van der Waals surface area contributed by atoms with Crippen molar-refractivity contribution in [3.8, 4) is 0 Å². The van der Waals surface area contributed by atoms with Gasteiger partial charge in [-0.1, -0.05) is 0 Å². The van der Waals surface area contributed by atoms with Crippen LogP contribution in [0.5, 0.6) is 0 Å². The Morgan fingerprint density at radius 1 is 1.04 bits per heavy atom. The first-order chi connectivity index (χ1) is 12.3. The second kappa shape index (κ2) is 7.56. The van der Waals surface area contributed by atoms with Gasteiger partial charge in [0, 0.05) is 38.6 Å². The monoisotopic (exact) mass is 345 g/mol. The Bertz CT molecular complexity index is 576. The summed E-state index contributed by atoms with van der Waals surface area (Å²) in [5.74, 6) is 1.92. The Labute approximate surface area is 148 Å². The molecule has 1 saturated carbocycles. The molecule has 0 unspecified atom stereocenters. The Morgan fingerprint density at radius 2 is 1.72 bits per heavy atom. The topological polar surface area (TPSA) is 70.6 Å². The number of piperidine rings is 1. The highest BCUT2D eigenvalue weighted by atomic mass is 16.5. The van der Waals surface area contributed by atoms with Crippen molar-refractivity contribution in [3.63, 3.8) is 0 Å². The van der Waals surface area contributed by atoms with Gasteiger partial charge in [-0.05, 0) is 31.6 Å². The van der Waals surface area contributed by atoms with Crippen molar-refractivity contribution in [2.24, 2.45) is 11.8 Å². The van der Waals surface area contributed by atoms with Crippen LogP contribution in [0.3, 0.4) is 0 Å². The van der Waals surface area contributed by atoms with Crippen molar-refractivity contribution in [2.45, 2.75) is 25.7 Å². The Balaban J connectivity index is 1.27. The first-order valence-corrected chi connectivity index (χ1v) is 9.47. The highest BCUT2D eigenvalue weighted by Crippen LogP contribution is 2.28. The van der Waals surface area contributed by atoms with E-state index in [1.54, 1.807) is 0 Å². The average molecular weight is 345 g/mol. The van der Waals surface area contributed by atoms with Gasteiger partial charge in [0.05, 0.1) is 31.3 Å². The van der Waals surface area contributed by atoms with E-state index in [-0.39, 0.29) is 11.8 Å². The van der Waals surface area contributed by atoms with E-state index in [0.717, 1.165) is 76.3 Å². The highest BCUT2D eigenvalue weighted by molar-refractivity contribution is 5.79. The molecule has 0 aromatic carbocycles. The summed E-state index contributed by atoms with van der Waals surface area (Å²) in [7, 11) is 0. The van der Waals surface area contributed by atoms with E-state index in [0.29, 0.717) is 0 Å². The molecule has 2 saturated heterocycles. The summed E-state index contributed by atoms with van der Waals surface area (Å²) in [4.78, 5) is 25.7. The summed E-state index contributed by atoms with van der Waals surface area (Å²) < 4.78 is 5.37. The van der Waals surface area contributed by atoms with Crippen molar-refractivity contribution >= 4 is 17.5 Å². The van der Waals surface area contributed by atoms with Crippen LogP contribution in [0, 0.1) is 11.8 Å². The predicted octanol–water partition coefficient (Wildman–Crippen LogP) is 1.06. The molecular formula is C18H27N5O2. The maximum Gasteiger partial charge on any atom is 0.225 e. The van der Waals surface area contributed by atoms with Gasteiger partial charge < -0.3 is 19.9 Å². The molecule has 1 N–H and O–H groups in total. The number of amides is 1. The van der Waals surface area contributed by atoms with E-state index >= 15 is 0 Å². The summed E-state index contributed by atoms with van der Waals surface area (Å²) in [5, 5.41) is 3.11. The number of carbonyl (C=O) groups is 1. The molecule has 0 bridgehead atoms. The van der Waals surface area contributed by atoms with Gasteiger partial charge in [0.15, 0.2) is 0 Å². The number of anilines is 2. The minimum Gasteiger partial charge on any atom is -0.378 e. The van der Waals surface area contributed by atoms with Crippen molar-refractivity contribution in [3.05, 3.63) is 12.4 Å². The van der Waals surface area contributed by atoms with E-state index in [1.807, 2.05) is 12.4 Å². The smallest absolute Gasteiger partial charge is 0.225 e. The molecule has 3 aliphatic rings. The number of hydrogen-bond donors (Lipinski definition) is 1. The molecule has 1 aromatic rings. The molecule has 3 fully saturated rings. The fourth-order valence-electron chi connectivity index (χ4n) is 3.52. The molecule has 3 heterocycles. The Hall–Kier alpha value is -1.89.